The van der Waals surface area contributed by atoms with Gasteiger partial charge in [-0.05, 0) is 38.6 Å². The Morgan fingerprint density at radius 1 is 1.45 bits per heavy atom. The first-order valence-electron chi connectivity index (χ1n) is 6.61. The average molecular weight is 295 g/mol. The van der Waals surface area contributed by atoms with Gasteiger partial charge >= 0.3 is 0 Å². The van der Waals surface area contributed by atoms with Gasteiger partial charge in [-0.2, -0.15) is 0 Å². The molecule has 0 aliphatic rings. The summed E-state index contributed by atoms with van der Waals surface area (Å²) >= 11 is 5.96. The van der Waals surface area contributed by atoms with E-state index in [1.165, 1.54) is 0 Å². The Hall–Kier alpha value is -1.36. The van der Waals surface area contributed by atoms with Crippen molar-refractivity contribution >= 4 is 11.6 Å². The highest BCUT2D eigenvalue weighted by molar-refractivity contribution is 6.30. The van der Waals surface area contributed by atoms with Crippen molar-refractivity contribution in [2.75, 3.05) is 13.6 Å². The zero-order chi connectivity index (χ0) is 14.5. The molecular weight excluding hydrogens is 276 g/mol. The first-order valence-corrected chi connectivity index (χ1v) is 6.99. The molecule has 108 valence electrons. The molecule has 0 aliphatic heterocycles. The Bertz CT molecular complexity index is 554. The van der Waals surface area contributed by atoms with Gasteiger partial charge in [0.2, 0.25) is 5.89 Å². The Balaban J connectivity index is 1.99. The van der Waals surface area contributed by atoms with Crippen LogP contribution in [0.3, 0.4) is 0 Å². The lowest BCUT2D eigenvalue weighted by Crippen LogP contribution is -2.22. The fraction of sp³-hybridized carbons (Fsp3) is 0.400. The van der Waals surface area contributed by atoms with E-state index in [0.717, 1.165) is 24.2 Å². The Morgan fingerprint density at radius 3 is 2.95 bits per heavy atom. The standard InChI is InChI=1S/C15H19ClN2O2/c1-11(19)6-7-18(2)9-14-10-20-15(17-14)12-4-3-5-13(16)8-12/h3-5,8,10-11,19H,6-7,9H2,1-2H3. The number of aromatic nitrogens is 1. The van der Waals surface area contributed by atoms with Crippen molar-refractivity contribution in [3.05, 3.63) is 41.2 Å². The van der Waals surface area contributed by atoms with Crippen LogP contribution in [-0.2, 0) is 6.54 Å². The minimum absolute atomic E-state index is 0.281. The molecule has 1 atom stereocenters. The highest BCUT2D eigenvalue weighted by Gasteiger charge is 2.09. The lowest BCUT2D eigenvalue weighted by Gasteiger charge is -2.15. The van der Waals surface area contributed by atoms with Crippen LogP contribution in [-0.4, -0.2) is 34.7 Å². The van der Waals surface area contributed by atoms with E-state index < -0.39 is 0 Å². The maximum absolute atomic E-state index is 9.27. The molecule has 1 aromatic heterocycles. The lowest BCUT2D eigenvalue weighted by atomic mass is 10.2. The fourth-order valence-corrected chi connectivity index (χ4v) is 2.09. The Morgan fingerprint density at radius 2 is 2.25 bits per heavy atom. The number of hydrogen-bond acceptors (Lipinski definition) is 4. The summed E-state index contributed by atoms with van der Waals surface area (Å²) in [5.41, 5.74) is 1.74. The second kappa shape index (κ2) is 6.88. The SMILES string of the molecule is CC(O)CCN(C)Cc1coc(-c2cccc(Cl)c2)n1. The third kappa shape index (κ3) is 4.34. The third-order valence-corrected chi connectivity index (χ3v) is 3.22. The van der Waals surface area contributed by atoms with Gasteiger partial charge in [-0.25, -0.2) is 4.98 Å². The van der Waals surface area contributed by atoms with Gasteiger partial charge in [0.05, 0.1) is 11.8 Å². The van der Waals surface area contributed by atoms with E-state index in [4.69, 9.17) is 16.0 Å². The van der Waals surface area contributed by atoms with E-state index in [-0.39, 0.29) is 6.10 Å². The molecule has 20 heavy (non-hydrogen) atoms. The first kappa shape index (κ1) is 15.0. The molecule has 0 saturated heterocycles. The Labute approximate surface area is 124 Å². The van der Waals surface area contributed by atoms with Gasteiger partial charge in [-0.3, -0.25) is 0 Å². The Kier molecular flexibility index (Phi) is 5.17. The molecule has 0 spiro atoms. The number of halogens is 1. The molecule has 1 unspecified atom stereocenters. The van der Waals surface area contributed by atoms with Crippen LogP contribution in [0.25, 0.3) is 11.5 Å². The number of benzene rings is 1. The molecule has 4 nitrogen and oxygen atoms in total. The van der Waals surface area contributed by atoms with Gasteiger partial charge in [-0.15, -0.1) is 0 Å². The van der Waals surface area contributed by atoms with E-state index in [1.54, 1.807) is 13.2 Å². The van der Waals surface area contributed by atoms with Crippen LogP contribution in [0.2, 0.25) is 5.02 Å². The zero-order valence-electron chi connectivity index (χ0n) is 11.7. The van der Waals surface area contributed by atoms with Crippen LogP contribution < -0.4 is 0 Å². The molecule has 0 fully saturated rings. The second-order valence-corrected chi connectivity index (χ2v) is 5.47. The van der Waals surface area contributed by atoms with Gasteiger partial charge in [0, 0.05) is 23.7 Å². The van der Waals surface area contributed by atoms with Crippen LogP contribution in [0.1, 0.15) is 19.0 Å². The van der Waals surface area contributed by atoms with Crippen LogP contribution in [0.4, 0.5) is 0 Å². The predicted molar refractivity (Wildman–Crippen MR) is 79.6 cm³/mol. The van der Waals surface area contributed by atoms with E-state index in [9.17, 15) is 5.11 Å². The lowest BCUT2D eigenvalue weighted by molar-refractivity contribution is 0.162. The molecule has 2 rings (SSSR count). The van der Waals surface area contributed by atoms with E-state index in [1.807, 2.05) is 31.3 Å². The summed E-state index contributed by atoms with van der Waals surface area (Å²) in [4.78, 5) is 6.56. The molecule has 0 radical (unpaired) electrons. The summed E-state index contributed by atoms with van der Waals surface area (Å²) in [6.07, 6.45) is 2.13. The quantitative estimate of drug-likeness (QED) is 0.889. The number of aliphatic hydroxyl groups excluding tert-OH is 1. The van der Waals surface area contributed by atoms with Crippen LogP contribution >= 0.6 is 11.6 Å². The summed E-state index contributed by atoms with van der Waals surface area (Å²) < 4.78 is 5.49. The number of rotatable bonds is 6. The van der Waals surface area contributed by atoms with Gasteiger partial charge in [0.1, 0.15) is 6.26 Å². The number of nitrogens with zero attached hydrogens (tertiary/aromatic N) is 2. The molecule has 1 aromatic carbocycles. The van der Waals surface area contributed by atoms with E-state index in [2.05, 4.69) is 9.88 Å². The smallest absolute Gasteiger partial charge is 0.226 e. The van der Waals surface area contributed by atoms with Gasteiger partial charge in [-0.1, -0.05) is 17.7 Å². The molecule has 5 heteroatoms. The number of aliphatic hydroxyl groups is 1. The monoisotopic (exact) mass is 294 g/mol. The maximum Gasteiger partial charge on any atom is 0.226 e. The van der Waals surface area contributed by atoms with Crippen LogP contribution in [0.15, 0.2) is 34.9 Å². The fourth-order valence-electron chi connectivity index (χ4n) is 1.90. The summed E-state index contributed by atoms with van der Waals surface area (Å²) in [5.74, 6) is 0.575. The molecule has 0 aliphatic carbocycles. The molecule has 2 aromatic rings. The molecule has 1 N–H and O–H groups in total. The molecular formula is C15H19ClN2O2. The first-order chi connectivity index (χ1) is 9.54. The predicted octanol–water partition coefficient (Wildman–Crippen LogP) is 3.20. The molecule has 1 heterocycles. The third-order valence-electron chi connectivity index (χ3n) is 2.98. The highest BCUT2D eigenvalue weighted by atomic mass is 35.5. The zero-order valence-corrected chi connectivity index (χ0v) is 12.5. The largest absolute Gasteiger partial charge is 0.444 e. The van der Waals surface area contributed by atoms with Gasteiger partial charge in [0.25, 0.3) is 0 Å². The molecule has 0 amide bonds. The van der Waals surface area contributed by atoms with E-state index >= 15 is 0 Å². The van der Waals surface area contributed by atoms with Crippen molar-refractivity contribution in [3.63, 3.8) is 0 Å². The minimum Gasteiger partial charge on any atom is -0.444 e. The average Bonchev–Trinajstić information content (AvgIpc) is 2.85. The maximum atomic E-state index is 9.27. The highest BCUT2D eigenvalue weighted by Crippen LogP contribution is 2.22. The minimum atomic E-state index is -0.281. The normalized spacial score (nSPS) is 12.8. The number of hydrogen-bond donors (Lipinski definition) is 1. The molecule has 0 saturated carbocycles. The van der Waals surface area contributed by atoms with Crippen molar-refractivity contribution in [2.24, 2.45) is 0 Å². The van der Waals surface area contributed by atoms with Gasteiger partial charge < -0.3 is 14.4 Å². The van der Waals surface area contributed by atoms with E-state index in [0.29, 0.717) is 17.5 Å². The van der Waals surface area contributed by atoms with Crippen molar-refractivity contribution < 1.29 is 9.52 Å². The van der Waals surface area contributed by atoms with Crippen LogP contribution in [0, 0.1) is 0 Å². The van der Waals surface area contributed by atoms with Crippen LogP contribution in [0.5, 0.6) is 0 Å². The summed E-state index contributed by atoms with van der Waals surface area (Å²) in [6.45, 7) is 3.30. The number of oxazole rings is 1. The van der Waals surface area contributed by atoms with Crippen molar-refractivity contribution in [3.8, 4) is 11.5 Å². The summed E-state index contributed by atoms with van der Waals surface area (Å²) in [6, 6.07) is 7.43. The van der Waals surface area contributed by atoms with Crippen molar-refractivity contribution in [1.29, 1.82) is 0 Å². The molecule has 0 bridgehead atoms. The van der Waals surface area contributed by atoms with Gasteiger partial charge in [0.15, 0.2) is 0 Å². The van der Waals surface area contributed by atoms with Crippen molar-refractivity contribution in [2.45, 2.75) is 26.0 Å². The topological polar surface area (TPSA) is 49.5 Å². The summed E-state index contributed by atoms with van der Waals surface area (Å²) in [5, 5.41) is 9.94. The summed E-state index contributed by atoms with van der Waals surface area (Å²) in [7, 11) is 2.00. The second-order valence-electron chi connectivity index (χ2n) is 5.03. The van der Waals surface area contributed by atoms with Crippen molar-refractivity contribution in [1.82, 2.24) is 9.88 Å².